The SMILES string of the molecule is CCc1nc2c(c(-c3ccc(OC)cc3)n1)CN([S+](=O)([O-])c1c(C)noc1C)CC2. The maximum absolute atomic E-state index is 13.3. The molecule has 4 rings (SSSR count). The van der Waals surface area contributed by atoms with Crippen LogP contribution in [0.2, 0.25) is 0 Å². The molecule has 9 heteroatoms. The Labute approximate surface area is 176 Å². The third-order valence-corrected chi connectivity index (χ3v) is 7.41. The third-order valence-electron chi connectivity index (χ3n) is 5.32. The molecule has 0 saturated heterocycles. The van der Waals surface area contributed by atoms with Gasteiger partial charge >= 0.3 is 0 Å². The first kappa shape index (κ1) is 20.6. The second-order valence-electron chi connectivity index (χ2n) is 7.24. The molecular formula is C21H24N4O4S. The monoisotopic (exact) mass is 428 g/mol. The molecule has 8 nitrogen and oxygen atoms in total. The van der Waals surface area contributed by atoms with Crippen molar-refractivity contribution in [2.75, 3.05) is 13.7 Å². The fraction of sp³-hybridized carbons (Fsp3) is 0.381. The van der Waals surface area contributed by atoms with E-state index in [0.29, 0.717) is 30.8 Å². The zero-order valence-electron chi connectivity index (χ0n) is 17.5. The van der Waals surface area contributed by atoms with Crippen LogP contribution in [0.5, 0.6) is 5.75 Å². The number of aryl methyl sites for hydroxylation is 3. The lowest BCUT2D eigenvalue weighted by molar-refractivity contribution is 0.334. The van der Waals surface area contributed by atoms with E-state index in [1.165, 1.54) is 4.31 Å². The van der Waals surface area contributed by atoms with Gasteiger partial charge in [0.15, 0.2) is 16.2 Å². The molecule has 0 amide bonds. The summed E-state index contributed by atoms with van der Waals surface area (Å²) in [6.45, 7) is 5.82. The van der Waals surface area contributed by atoms with Gasteiger partial charge in [-0.3, -0.25) is 0 Å². The number of rotatable bonds is 5. The lowest BCUT2D eigenvalue weighted by Gasteiger charge is -2.31. The normalized spacial score (nSPS) is 16.2. The predicted molar refractivity (Wildman–Crippen MR) is 111 cm³/mol. The Morgan fingerprint density at radius 1 is 1.23 bits per heavy atom. The molecule has 3 aromatic rings. The minimum atomic E-state index is -3.75. The quantitative estimate of drug-likeness (QED) is 0.574. The molecule has 0 radical (unpaired) electrons. The van der Waals surface area contributed by atoms with Crippen LogP contribution >= 0.6 is 0 Å². The first-order valence-electron chi connectivity index (χ1n) is 9.81. The topological polar surface area (TPSA) is 104 Å². The summed E-state index contributed by atoms with van der Waals surface area (Å²) in [6, 6.07) is 7.61. The highest BCUT2D eigenvalue weighted by Crippen LogP contribution is 2.35. The largest absolute Gasteiger partial charge is 0.593 e. The molecule has 1 atom stereocenters. The van der Waals surface area contributed by atoms with Gasteiger partial charge in [-0.15, -0.1) is 4.31 Å². The Balaban J connectivity index is 1.78. The molecular weight excluding hydrogens is 404 g/mol. The van der Waals surface area contributed by atoms with E-state index < -0.39 is 10.4 Å². The number of fused-ring (bicyclic) bond motifs is 1. The number of sulfonamides is 1. The van der Waals surface area contributed by atoms with Crippen molar-refractivity contribution in [1.82, 2.24) is 19.4 Å². The molecule has 158 valence electrons. The van der Waals surface area contributed by atoms with Crippen molar-refractivity contribution in [1.29, 1.82) is 0 Å². The zero-order chi connectivity index (χ0) is 21.5. The van der Waals surface area contributed by atoms with Gasteiger partial charge < -0.3 is 13.8 Å². The standard InChI is InChI=1S/C21H24N4O4S/c1-5-19-22-18-10-11-25(30(26,27)21-13(2)24-29-14(21)3)12-17(18)20(23-19)15-6-8-16(28-4)9-7-15/h6-9H,5,10-12H2,1-4H3. The Morgan fingerprint density at radius 2 is 1.97 bits per heavy atom. The average molecular weight is 429 g/mol. The minimum Gasteiger partial charge on any atom is -0.593 e. The van der Waals surface area contributed by atoms with E-state index in [-0.39, 0.29) is 11.4 Å². The van der Waals surface area contributed by atoms with Crippen molar-refractivity contribution in [3.8, 4) is 17.0 Å². The number of nitrogens with zero attached hydrogens (tertiary/aromatic N) is 4. The van der Waals surface area contributed by atoms with Gasteiger partial charge in [-0.1, -0.05) is 16.3 Å². The van der Waals surface area contributed by atoms with Gasteiger partial charge in [-0.2, -0.15) is 0 Å². The summed E-state index contributed by atoms with van der Waals surface area (Å²) in [6.07, 6.45) is 1.23. The molecule has 0 spiro atoms. The highest BCUT2D eigenvalue weighted by Gasteiger charge is 2.39. The summed E-state index contributed by atoms with van der Waals surface area (Å²) >= 11 is 0. The number of benzene rings is 1. The van der Waals surface area contributed by atoms with Gasteiger partial charge in [0, 0.05) is 30.9 Å². The molecule has 0 bridgehead atoms. The molecule has 3 heterocycles. The van der Waals surface area contributed by atoms with E-state index in [1.807, 2.05) is 31.2 Å². The Hall–Kier alpha value is -2.62. The van der Waals surface area contributed by atoms with E-state index >= 15 is 0 Å². The highest BCUT2D eigenvalue weighted by atomic mass is 32.3. The summed E-state index contributed by atoms with van der Waals surface area (Å²) in [4.78, 5) is 9.56. The van der Waals surface area contributed by atoms with Crippen molar-refractivity contribution >= 4 is 10.4 Å². The summed E-state index contributed by atoms with van der Waals surface area (Å²) in [5.74, 6) is 1.80. The first-order valence-corrected chi connectivity index (χ1v) is 11.2. The van der Waals surface area contributed by atoms with Crippen LogP contribution in [0.25, 0.3) is 11.3 Å². The minimum absolute atomic E-state index is 0.142. The lowest BCUT2D eigenvalue weighted by Crippen LogP contribution is -2.41. The zero-order valence-corrected chi connectivity index (χ0v) is 18.3. The predicted octanol–water partition coefficient (Wildman–Crippen LogP) is 3.28. The molecule has 1 aromatic carbocycles. The van der Waals surface area contributed by atoms with Gasteiger partial charge in [0.05, 0.1) is 31.6 Å². The fourth-order valence-electron chi connectivity index (χ4n) is 3.76. The van der Waals surface area contributed by atoms with E-state index in [2.05, 4.69) is 10.1 Å². The number of aromatic nitrogens is 3. The average Bonchev–Trinajstić information content (AvgIpc) is 3.11. The summed E-state index contributed by atoms with van der Waals surface area (Å²) in [5.41, 5.74) is 3.77. The number of hydrogen-bond acceptors (Lipinski definition) is 7. The van der Waals surface area contributed by atoms with E-state index in [4.69, 9.17) is 14.2 Å². The van der Waals surface area contributed by atoms with Crippen LogP contribution in [0.1, 0.15) is 35.5 Å². The van der Waals surface area contributed by atoms with Crippen LogP contribution < -0.4 is 4.74 Å². The molecule has 30 heavy (non-hydrogen) atoms. The molecule has 0 N–H and O–H groups in total. The van der Waals surface area contributed by atoms with Crippen LogP contribution in [-0.2, 0) is 34.0 Å². The van der Waals surface area contributed by atoms with Crippen LogP contribution in [0.15, 0.2) is 33.7 Å². The number of hydrogen-bond donors (Lipinski definition) is 0. The maximum Gasteiger partial charge on any atom is 0.240 e. The van der Waals surface area contributed by atoms with Gasteiger partial charge in [-0.25, -0.2) is 9.97 Å². The third kappa shape index (κ3) is 3.53. The molecule has 0 fully saturated rings. The van der Waals surface area contributed by atoms with Crippen molar-refractivity contribution < 1.29 is 18.0 Å². The van der Waals surface area contributed by atoms with Crippen molar-refractivity contribution in [2.24, 2.45) is 0 Å². The van der Waals surface area contributed by atoms with E-state index in [9.17, 15) is 8.76 Å². The molecule has 0 saturated carbocycles. The maximum atomic E-state index is 13.3. The molecule has 2 aromatic heterocycles. The Kier molecular flexibility index (Phi) is 5.44. The number of ether oxygens (including phenoxy) is 1. The second kappa shape index (κ2) is 7.90. The first-order chi connectivity index (χ1) is 14.3. The van der Waals surface area contributed by atoms with Gasteiger partial charge in [0.2, 0.25) is 4.90 Å². The fourth-order valence-corrected chi connectivity index (χ4v) is 5.46. The Bertz CT molecular complexity index is 1110. The summed E-state index contributed by atoms with van der Waals surface area (Å²) in [5, 5.41) is 3.81. The van der Waals surface area contributed by atoms with Crippen molar-refractivity contribution in [2.45, 2.75) is 45.1 Å². The molecule has 1 aliphatic rings. The smallest absolute Gasteiger partial charge is 0.240 e. The molecule has 0 aliphatic carbocycles. The van der Waals surface area contributed by atoms with Crippen LogP contribution in [0, 0.1) is 13.8 Å². The molecule has 1 aliphatic heterocycles. The van der Waals surface area contributed by atoms with Crippen LogP contribution in [-0.4, -0.2) is 37.6 Å². The van der Waals surface area contributed by atoms with Gasteiger partial charge in [0.1, 0.15) is 17.3 Å². The van der Waals surface area contributed by atoms with Gasteiger partial charge in [-0.05, 0) is 31.2 Å². The van der Waals surface area contributed by atoms with Crippen LogP contribution in [0.3, 0.4) is 0 Å². The van der Waals surface area contributed by atoms with Crippen LogP contribution in [0.4, 0.5) is 0 Å². The second-order valence-corrected chi connectivity index (χ2v) is 9.11. The van der Waals surface area contributed by atoms with Crippen molar-refractivity contribution in [3.63, 3.8) is 0 Å². The summed E-state index contributed by atoms with van der Waals surface area (Å²) in [7, 11) is -2.13. The Morgan fingerprint density at radius 3 is 2.57 bits per heavy atom. The van der Waals surface area contributed by atoms with Gasteiger partial charge in [0.25, 0.3) is 0 Å². The van der Waals surface area contributed by atoms with E-state index in [1.54, 1.807) is 21.0 Å². The number of methoxy groups -OCH3 is 1. The molecule has 1 unspecified atom stereocenters. The highest BCUT2D eigenvalue weighted by molar-refractivity contribution is 7.95. The van der Waals surface area contributed by atoms with Crippen molar-refractivity contribution in [3.05, 3.63) is 52.8 Å². The summed E-state index contributed by atoms with van der Waals surface area (Å²) < 4.78 is 38.5. The van der Waals surface area contributed by atoms with E-state index in [0.717, 1.165) is 34.1 Å². The lowest BCUT2D eigenvalue weighted by atomic mass is 10.00.